The first kappa shape index (κ1) is 15.6. The summed E-state index contributed by atoms with van der Waals surface area (Å²) in [5, 5.41) is 8.95. The second-order valence-electron chi connectivity index (χ2n) is 5.30. The van der Waals surface area contributed by atoms with Crippen LogP contribution >= 0.6 is 15.9 Å². The molecule has 1 aliphatic rings. The quantitative estimate of drug-likeness (QED) is 0.891. The third kappa shape index (κ3) is 3.07. The Morgan fingerprint density at radius 1 is 1.26 bits per heavy atom. The van der Waals surface area contributed by atoms with Crippen LogP contribution in [0.3, 0.4) is 0 Å². The molecule has 0 bridgehead atoms. The maximum Gasteiger partial charge on any atom is 0.335 e. The number of carbonyl (C=O) groups is 2. The molecular weight excluding hydrogens is 362 g/mol. The Hall–Kier alpha value is -2.34. The monoisotopic (exact) mass is 375 g/mol. The van der Waals surface area contributed by atoms with Gasteiger partial charge in [-0.1, -0.05) is 28.1 Å². The van der Waals surface area contributed by atoms with Crippen molar-refractivity contribution in [1.29, 1.82) is 0 Å². The minimum atomic E-state index is -0.970. The fourth-order valence-electron chi connectivity index (χ4n) is 2.48. The molecule has 2 aromatic rings. The van der Waals surface area contributed by atoms with Gasteiger partial charge < -0.3 is 14.7 Å². The van der Waals surface area contributed by atoms with Gasteiger partial charge in [-0.05, 0) is 42.8 Å². The van der Waals surface area contributed by atoms with Crippen molar-refractivity contribution in [2.75, 3.05) is 4.90 Å². The van der Waals surface area contributed by atoms with Gasteiger partial charge in [0.2, 0.25) is 0 Å². The van der Waals surface area contributed by atoms with E-state index in [0.29, 0.717) is 18.0 Å². The van der Waals surface area contributed by atoms with Crippen molar-refractivity contribution >= 4 is 33.5 Å². The fraction of sp³-hybridized carbons (Fsp3) is 0.176. The predicted octanol–water partition coefficient (Wildman–Crippen LogP) is 3.46. The van der Waals surface area contributed by atoms with Crippen LogP contribution in [0.5, 0.6) is 5.75 Å². The van der Waals surface area contributed by atoms with Crippen LogP contribution in [-0.2, 0) is 11.3 Å². The van der Waals surface area contributed by atoms with E-state index >= 15 is 0 Å². The second-order valence-corrected chi connectivity index (χ2v) is 6.21. The number of hydrogen-bond donors (Lipinski definition) is 1. The normalized spacial score (nSPS) is 16.7. The summed E-state index contributed by atoms with van der Waals surface area (Å²) in [5.74, 6) is -0.442. The van der Waals surface area contributed by atoms with Crippen molar-refractivity contribution in [2.45, 2.75) is 19.6 Å². The smallest absolute Gasteiger partial charge is 0.335 e. The molecule has 3 rings (SSSR count). The Morgan fingerprint density at radius 2 is 1.96 bits per heavy atom. The largest absolute Gasteiger partial charge is 0.479 e. The van der Waals surface area contributed by atoms with E-state index in [1.54, 1.807) is 24.0 Å². The molecule has 118 valence electrons. The lowest BCUT2D eigenvalue weighted by molar-refractivity contribution is -0.125. The summed E-state index contributed by atoms with van der Waals surface area (Å²) in [6.07, 6.45) is -0.554. The number of carbonyl (C=O) groups excluding carboxylic acids is 1. The molecule has 5 nitrogen and oxygen atoms in total. The summed E-state index contributed by atoms with van der Waals surface area (Å²) < 4.78 is 6.48. The topological polar surface area (TPSA) is 66.8 Å². The average Bonchev–Trinajstić information content (AvgIpc) is 2.53. The molecule has 2 aromatic carbocycles. The highest BCUT2D eigenvalue weighted by atomic mass is 79.9. The van der Waals surface area contributed by atoms with Crippen LogP contribution in [0.4, 0.5) is 5.69 Å². The number of carboxylic acid groups (broad SMARTS) is 1. The number of benzene rings is 2. The van der Waals surface area contributed by atoms with E-state index < -0.39 is 12.1 Å². The molecule has 1 N–H and O–H groups in total. The Bertz CT molecular complexity index is 773. The van der Waals surface area contributed by atoms with Crippen LogP contribution in [0.2, 0.25) is 0 Å². The molecule has 0 saturated carbocycles. The van der Waals surface area contributed by atoms with Crippen LogP contribution in [0.15, 0.2) is 46.9 Å². The van der Waals surface area contributed by atoms with Gasteiger partial charge in [0.05, 0.1) is 17.8 Å². The zero-order chi connectivity index (χ0) is 16.6. The number of hydrogen-bond acceptors (Lipinski definition) is 3. The van der Waals surface area contributed by atoms with E-state index in [2.05, 4.69) is 15.9 Å². The van der Waals surface area contributed by atoms with Gasteiger partial charge in [-0.15, -0.1) is 0 Å². The molecule has 1 amide bonds. The first-order valence-electron chi connectivity index (χ1n) is 7.05. The third-order valence-electron chi connectivity index (χ3n) is 3.67. The van der Waals surface area contributed by atoms with Crippen molar-refractivity contribution in [1.82, 2.24) is 0 Å². The number of fused-ring (bicyclic) bond motifs is 1. The lowest BCUT2D eigenvalue weighted by Crippen LogP contribution is -2.44. The maximum absolute atomic E-state index is 12.5. The van der Waals surface area contributed by atoms with E-state index in [0.717, 1.165) is 10.0 Å². The lowest BCUT2D eigenvalue weighted by Gasteiger charge is -2.33. The van der Waals surface area contributed by atoms with Gasteiger partial charge in [-0.3, -0.25) is 4.79 Å². The summed E-state index contributed by atoms with van der Waals surface area (Å²) >= 11 is 3.41. The fourth-order valence-corrected chi connectivity index (χ4v) is 2.83. The highest BCUT2D eigenvalue weighted by molar-refractivity contribution is 9.10. The first-order valence-corrected chi connectivity index (χ1v) is 7.85. The van der Waals surface area contributed by atoms with E-state index in [1.807, 2.05) is 18.2 Å². The Balaban J connectivity index is 1.93. The Morgan fingerprint density at radius 3 is 2.61 bits per heavy atom. The van der Waals surface area contributed by atoms with Crippen LogP contribution in [-0.4, -0.2) is 23.1 Å². The molecule has 1 unspecified atom stereocenters. The van der Waals surface area contributed by atoms with Crippen LogP contribution < -0.4 is 9.64 Å². The van der Waals surface area contributed by atoms with Gasteiger partial charge in [0.1, 0.15) is 5.75 Å². The summed E-state index contributed by atoms with van der Waals surface area (Å²) in [7, 11) is 0. The second kappa shape index (κ2) is 6.04. The number of halogens is 1. The highest BCUT2D eigenvalue weighted by Crippen LogP contribution is 2.37. The number of nitrogens with zero attached hydrogens (tertiary/aromatic N) is 1. The molecule has 0 aromatic heterocycles. The van der Waals surface area contributed by atoms with Crippen molar-refractivity contribution in [2.24, 2.45) is 0 Å². The van der Waals surface area contributed by atoms with Gasteiger partial charge in [-0.2, -0.15) is 0 Å². The number of ether oxygens (including phenoxy) is 1. The zero-order valence-electron chi connectivity index (χ0n) is 12.3. The molecule has 1 aliphatic heterocycles. The molecule has 6 heteroatoms. The van der Waals surface area contributed by atoms with E-state index in [1.165, 1.54) is 12.1 Å². The third-order valence-corrected chi connectivity index (χ3v) is 4.16. The maximum atomic E-state index is 12.5. The standard InChI is InChI=1S/C17H14BrNO4/c1-10-16(20)19(14-8-13(18)6-7-15(14)23-10)9-11-2-4-12(5-3-11)17(21)22/h2-8,10H,9H2,1H3,(H,21,22). The summed E-state index contributed by atoms with van der Waals surface area (Å²) in [5.41, 5.74) is 1.77. The van der Waals surface area contributed by atoms with Gasteiger partial charge in [0.25, 0.3) is 5.91 Å². The number of amides is 1. The van der Waals surface area contributed by atoms with Crippen molar-refractivity contribution < 1.29 is 19.4 Å². The van der Waals surface area contributed by atoms with Crippen molar-refractivity contribution in [3.8, 4) is 5.75 Å². The van der Waals surface area contributed by atoms with Crippen LogP contribution in [0.25, 0.3) is 0 Å². The van der Waals surface area contributed by atoms with Crippen LogP contribution in [0.1, 0.15) is 22.8 Å². The highest BCUT2D eigenvalue weighted by Gasteiger charge is 2.31. The number of anilines is 1. The molecule has 23 heavy (non-hydrogen) atoms. The molecule has 0 aliphatic carbocycles. The molecule has 0 saturated heterocycles. The summed E-state index contributed by atoms with van der Waals surface area (Å²) in [4.78, 5) is 25.0. The Labute approximate surface area is 141 Å². The van der Waals surface area contributed by atoms with E-state index in [-0.39, 0.29) is 11.5 Å². The lowest BCUT2D eigenvalue weighted by atomic mass is 10.1. The molecule has 0 spiro atoms. The number of aromatic carboxylic acids is 1. The molecular formula is C17H14BrNO4. The predicted molar refractivity (Wildman–Crippen MR) is 88.8 cm³/mol. The van der Waals surface area contributed by atoms with E-state index in [9.17, 15) is 9.59 Å². The molecule has 1 atom stereocenters. The van der Waals surface area contributed by atoms with Crippen molar-refractivity contribution in [3.63, 3.8) is 0 Å². The minimum absolute atomic E-state index is 0.127. The minimum Gasteiger partial charge on any atom is -0.479 e. The summed E-state index contributed by atoms with van der Waals surface area (Å²) in [6.45, 7) is 2.07. The SMILES string of the molecule is CC1Oc2ccc(Br)cc2N(Cc2ccc(C(=O)O)cc2)C1=O. The number of carboxylic acids is 1. The zero-order valence-corrected chi connectivity index (χ0v) is 13.9. The van der Waals surface area contributed by atoms with Gasteiger partial charge in [0, 0.05) is 4.47 Å². The van der Waals surface area contributed by atoms with Crippen molar-refractivity contribution in [3.05, 3.63) is 58.1 Å². The molecule has 1 heterocycles. The number of rotatable bonds is 3. The van der Waals surface area contributed by atoms with Gasteiger partial charge >= 0.3 is 5.97 Å². The molecule has 0 fully saturated rings. The van der Waals surface area contributed by atoms with Gasteiger partial charge in [0.15, 0.2) is 6.10 Å². The average molecular weight is 376 g/mol. The first-order chi connectivity index (χ1) is 11.0. The van der Waals surface area contributed by atoms with Crippen LogP contribution in [0, 0.1) is 0 Å². The summed E-state index contributed by atoms with van der Waals surface area (Å²) in [6, 6.07) is 12.0. The Kier molecular flexibility index (Phi) is 4.09. The molecule has 0 radical (unpaired) electrons. The van der Waals surface area contributed by atoms with Gasteiger partial charge in [-0.25, -0.2) is 4.79 Å². The van der Waals surface area contributed by atoms with E-state index in [4.69, 9.17) is 9.84 Å².